The van der Waals surface area contributed by atoms with Crippen molar-refractivity contribution in [1.29, 1.82) is 0 Å². The molecule has 1 saturated heterocycles. The van der Waals surface area contributed by atoms with E-state index in [9.17, 15) is 4.79 Å². The summed E-state index contributed by atoms with van der Waals surface area (Å²) >= 11 is 0. The molecule has 1 aliphatic heterocycles. The van der Waals surface area contributed by atoms with E-state index >= 15 is 0 Å². The molecule has 1 fully saturated rings. The number of carbonyl (C=O) groups is 1. The summed E-state index contributed by atoms with van der Waals surface area (Å²) in [5.74, 6) is 0. The van der Waals surface area contributed by atoms with Crippen LogP contribution >= 0.6 is 0 Å². The third kappa shape index (κ3) is 4.83. The van der Waals surface area contributed by atoms with Crippen LogP contribution in [-0.2, 0) is 0 Å². The van der Waals surface area contributed by atoms with Gasteiger partial charge < -0.3 is 14.8 Å². The maximum absolute atomic E-state index is 12.9. The van der Waals surface area contributed by atoms with Gasteiger partial charge in [-0.2, -0.15) is 0 Å². The zero-order chi connectivity index (χ0) is 22.5. The lowest BCUT2D eigenvalue weighted by Crippen LogP contribution is -2.51. The minimum atomic E-state index is -0.0423. The second-order valence-electron chi connectivity index (χ2n) is 8.31. The average Bonchev–Trinajstić information content (AvgIpc) is 3.42. The number of nitrogens with one attached hydrogen (secondary N) is 1. The van der Waals surface area contributed by atoms with Gasteiger partial charge in [0.2, 0.25) is 0 Å². The zero-order valence-corrected chi connectivity index (χ0v) is 18.5. The number of hydrogen-bond donors (Lipinski definition) is 1. The molecule has 5 heteroatoms. The van der Waals surface area contributed by atoms with E-state index in [1.807, 2.05) is 58.3 Å². The molecule has 2 amide bonds. The SMILES string of the molecule is O=C(Nc1ccc(-n2cccc2)cc1)N1CCN(C(c2ccccc2)c2ccccc2)CC1. The number of rotatable bonds is 5. The fourth-order valence-electron chi connectivity index (χ4n) is 4.49. The van der Waals surface area contributed by atoms with Crippen LogP contribution < -0.4 is 5.32 Å². The van der Waals surface area contributed by atoms with Gasteiger partial charge in [-0.1, -0.05) is 60.7 Å². The molecule has 0 bridgehead atoms. The first-order chi connectivity index (χ1) is 16.3. The Morgan fingerprint density at radius 3 is 1.76 bits per heavy atom. The molecule has 5 nitrogen and oxygen atoms in total. The van der Waals surface area contributed by atoms with E-state index in [1.165, 1.54) is 11.1 Å². The molecule has 0 radical (unpaired) electrons. The number of carbonyl (C=O) groups excluding carboxylic acids is 1. The molecular weight excluding hydrogens is 408 g/mol. The van der Waals surface area contributed by atoms with Crippen molar-refractivity contribution in [2.24, 2.45) is 0 Å². The number of hydrogen-bond acceptors (Lipinski definition) is 2. The van der Waals surface area contributed by atoms with Gasteiger partial charge >= 0.3 is 6.03 Å². The predicted octanol–water partition coefficient (Wildman–Crippen LogP) is 5.42. The lowest BCUT2D eigenvalue weighted by molar-refractivity contribution is 0.126. The Kier molecular flexibility index (Phi) is 6.22. The van der Waals surface area contributed by atoms with Gasteiger partial charge in [-0.25, -0.2) is 4.79 Å². The Morgan fingerprint density at radius 1 is 0.667 bits per heavy atom. The van der Waals surface area contributed by atoms with Gasteiger partial charge in [-0.05, 0) is 47.5 Å². The smallest absolute Gasteiger partial charge is 0.321 e. The summed E-state index contributed by atoms with van der Waals surface area (Å²) in [7, 11) is 0. The lowest BCUT2D eigenvalue weighted by Gasteiger charge is -2.39. The summed E-state index contributed by atoms with van der Waals surface area (Å²) in [6.07, 6.45) is 4.01. The molecule has 0 spiro atoms. The maximum atomic E-state index is 12.9. The summed E-state index contributed by atoms with van der Waals surface area (Å²) in [6, 6.07) is 33.3. The highest BCUT2D eigenvalue weighted by atomic mass is 16.2. The summed E-state index contributed by atoms with van der Waals surface area (Å²) in [5, 5.41) is 3.05. The number of aromatic nitrogens is 1. The van der Waals surface area contributed by atoms with Crippen LogP contribution in [0.3, 0.4) is 0 Å². The molecule has 5 rings (SSSR count). The van der Waals surface area contributed by atoms with Crippen LogP contribution in [-0.4, -0.2) is 46.6 Å². The van der Waals surface area contributed by atoms with Crippen molar-refractivity contribution in [1.82, 2.24) is 14.4 Å². The molecule has 33 heavy (non-hydrogen) atoms. The molecule has 1 N–H and O–H groups in total. The van der Waals surface area contributed by atoms with E-state index in [1.54, 1.807) is 0 Å². The van der Waals surface area contributed by atoms with Crippen molar-refractivity contribution < 1.29 is 4.79 Å². The zero-order valence-electron chi connectivity index (χ0n) is 18.5. The molecule has 0 atom stereocenters. The van der Waals surface area contributed by atoms with Gasteiger partial charge in [0.15, 0.2) is 0 Å². The van der Waals surface area contributed by atoms with Gasteiger partial charge in [0.1, 0.15) is 0 Å². The monoisotopic (exact) mass is 436 g/mol. The minimum absolute atomic E-state index is 0.0423. The summed E-state index contributed by atoms with van der Waals surface area (Å²) in [5.41, 5.74) is 4.44. The Hall–Kier alpha value is -3.83. The minimum Gasteiger partial charge on any atom is -0.324 e. The Labute approximate surface area is 194 Å². The van der Waals surface area contributed by atoms with Gasteiger partial charge in [0.25, 0.3) is 0 Å². The van der Waals surface area contributed by atoms with Gasteiger partial charge in [0, 0.05) is 49.9 Å². The number of amides is 2. The van der Waals surface area contributed by atoms with Crippen LogP contribution in [0.5, 0.6) is 0 Å². The number of piperazine rings is 1. The molecule has 3 aromatic carbocycles. The van der Waals surface area contributed by atoms with Crippen molar-refractivity contribution >= 4 is 11.7 Å². The van der Waals surface area contributed by atoms with E-state index in [0.29, 0.717) is 13.1 Å². The fraction of sp³-hybridized carbons (Fsp3) is 0.179. The molecule has 0 saturated carbocycles. The van der Waals surface area contributed by atoms with E-state index in [2.05, 4.69) is 70.9 Å². The van der Waals surface area contributed by atoms with Crippen LogP contribution in [0.25, 0.3) is 5.69 Å². The van der Waals surface area contributed by atoms with E-state index < -0.39 is 0 Å². The largest absolute Gasteiger partial charge is 0.324 e. The van der Waals surface area contributed by atoms with Crippen molar-refractivity contribution in [3.8, 4) is 5.69 Å². The molecule has 1 aliphatic rings. The highest BCUT2D eigenvalue weighted by Crippen LogP contribution is 2.29. The third-order valence-electron chi connectivity index (χ3n) is 6.22. The third-order valence-corrected chi connectivity index (χ3v) is 6.22. The summed E-state index contributed by atoms with van der Waals surface area (Å²) in [4.78, 5) is 17.3. The van der Waals surface area contributed by atoms with Gasteiger partial charge in [-0.3, -0.25) is 4.90 Å². The maximum Gasteiger partial charge on any atom is 0.321 e. The average molecular weight is 437 g/mol. The quantitative estimate of drug-likeness (QED) is 0.454. The van der Waals surface area contributed by atoms with Gasteiger partial charge in [-0.15, -0.1) is 0 Å². The first-order valence-electron chi connectivity index (χ1n) is 11.4. The number of anilines is 1. The highest BCUT2D eigenvalue weighted by Gasteiger charge is 2.28. The van der Waals surface area contributed by atoms with Gasteiger partial charge in [0.05, 0.1) is 6.04 Å². The summed E-state index contributed by atoms with van der Waals surface area (Å²) in [6.45, 7) is 3.05. The highest BCUT2D eigenvalue weighted by molar-refractivity contribution is 5.89. The van der Waals surface area contributed by atoms with Crippen LogP contribution in [0.4, 0.5) is 10.5 Å². The molecule has 1 aromatic heterocycles. The molecule has 0 unspecified atom stereocenters. The standard InChI is InChI=1S/C28H28N4O/c33-28(29-25-13-15-26(16-14-25)30-17-7-8-18-30)32-21-19-31(20-22-32)27(23-9-3-1-4-10-23)24-11-5-2-6-12-24/h1-18,27H,19-22H2,(H,29,33). The van der Waals surface area contributed by atoms with Crippen LogP contribution in [0.15, 0.2) is 109 Å². The Bertz CT molecular complexity index is 1110. The van der Waals surface area contributed by atoms with E-state index in [-0.39, 0.29) is 12.1 Å². The normalized spacial score (nSPS) is 14.4. The lowest BCUT2D eigenvalue weighted by atomic mass is 9.96. The molecular formula is C28H28N4O. The Balaban J connectivity index is 1.23. The molecule has 166 valence electrons. The number of nitrogens with zero attached hydrogens (tertiary/aromatic N) is 3. The van der Waals surface area contributed by atoms with Crippen molar-refractivity contribution in [2.75, 3.05) is 31.5 Å². The fourth-order valence-corrected chi connectivity index (χ4v) is 4.49. The predicted molar refractivity (Wildman–Crippen MR) is 133 cm³/mol. The van der Waals surface area contributed by atoms with Crippen LogP contribution in [0, 0.1) is 0 Å². The first kappa shape index (κ1) is 21.0. The van der Waals surface area contributed by atoms with Crippen molar-refractivity contribution in [3.63, 3.8) is 0 Å². The van der Waals surface area contributed by atoms with Crippen LogP contribution in [0.1, 0.15) is 17.2 Å². The second-order valence-corrected chi connectivity index (χ2v) is 8.31. The number of urea groups is 1. The van der Waals surface area contributed by atoms with Crippen molar-refractivity contribution in [3.05, 3.63) is 121 Å². The number of benzene rings is 3. The first-order valence-corrected chi connectivity index (χ1v) is 11.4. The van der Waals surface area contributed by atoms with Crippen molar-refractivity contribution in [2.45, 2.75) is 6.04 Å². The topological polar surface area (TPSA) is 40.5 Å². The molecule has 0 aliphatic carbocycles. The molecule has 4 aromatic rings. The summed E-state index contributed by atoms with van der Waals surface area (Å²) < 4.78 is 2.04. The van der Waals surface area contributed by atoms with E-state index in [4.69, 9.17) is 0 Å². The van der Waals surface area contributed by atoms with E-state index in [0.717, 1.165) is 24.5 Å². The Morgan fingerprint density at radius 2 is 1.21 bits per heavy atom. The molecule has 2 heterocycles. The van der Waals surface area contributed by atoms with Crippen LogP contribution in [0.2, 0.25) is 0 Å². The second kappa shape index (κ2) is 9.76.